The minimum Gasteiger partial charge on any atom is -0.226 e. The van der Waals surface area contributed by atoms with Gasteiger partial charge in [-0.2, -0.15) is 4.84 Å². The van der Waals surface area contributed by atoms with Gasteiger partial charge in [-0.15, -0.1) is 0 Å². The molecule has 1 aliphatic heterocycles. The van der Waals surface area contributed by atoms with E-state index in [9.17, 15) is 4.79 Å². The summed E-state index contributed by atoms with van der Waals surface area (Å²) in [7, 11) is 1.79. The van der Waals surface area contributed by atoms with E-state index in [1.165, 1.54) is 0 Å². The van der Waals surface area contributed by atoms with Crippen molar-refractivity contribution in [2.24, 2.45) is 5.41 Å². The smallest absolute Gasteiger partial charge is 0.226 e. The monoisotopic (exact) mass is 284 g/mol. The first-order valence-corrected chi connectivity index (χ1v) is 5.98. The van der Waals surface area contributed by atoms with Gasteiger partial charge in [0.1, 0.15) is 19.1 Å². The predicted molar refractivity (Wildman–Crippen MR) is 66.6 cm³/mol. The van der Waals surface area contributed by atoms with Crippen molar-refractivity contribution in [3.63, 3.8) is 0 Å². The third kappa shape index (κ3) is 1.61. The Kier molecular flexibility index (Phi) is 2.69. The molecule has 1 aliphatic rings. The molecule has 1 unspecified atom stereocenters. The number of hydrogen-bond acceptors (Lipinski definition) is 2. The molecule has 4 heteroatoms. The molecule has 1 aromatic carbocycles. The van der Waals surface area contributed by atoms with Crippen molar-refractivity contribution in [1.29, 1.82) is 0 Å². The quantitative estimate of drug-likeness (QED) is 0.742. The highest BCUT2D eigenvalue weighted by Gasteiger charge is 2.55. The molecular weight excluding hydrogens is 270 g/mol. The van der Waals surface area contributed by atoms with Crippen LogP contribution in [-0.2, 0) is 9.63 Å². The van der Waals surface area contributed by atoms with E-state index in [2.05, 4.69) is 15.9 Å². The molecule has 0 radical (unpaired) electrons. The van der Waals surface area contributed by atoms with Crippen LogP contribution in [0, 0.1) is 5.41 Å². The molecule has 0 spiro atoms. The van der Waals surface area contributed by atoms with Crippen LogP contribution in [0.1, 0.15) is 13.8 Å². The summed E-state index contributed by atoms with van der Waals surface area (Å²) in [5.41, 5.74) is 0.419. The molecule has 0 aliphatic carbocycles. The van der Waals surface area contributed by atoms with Crippen LogP contribution >= 0.6 is 15.9 Å². The fourth-order valence-corrected chi connectivity index (χ4v) is 2.59. The Bertz CT molecular complexity index is 444. The molecule has 16 heavy (non-hydrogen) atoms. The minimum absolute atomic E-state index is 0.0828. The maximum Gasteiger partial charge on any atom is 0.359 e. The van der Waals surface area contributed by atoms with Crippen LogP contribution in [-0.4, -0.2) is 19.6 Å². The largest absolute Gasteiger partial charge is 0.359 e. The number of carbonyl (C=O) groups is 1. The number of amides is 1. The molecule has 0 bridgehead atoms. The first kappa shape index (κ1) is 11.8. The second-order valence-electron chi connectivity index (χ2n) is 4.84. The normalized spacial score (nSPS) is 28.4. The molecule has 0 N–H and O–H groups in total. The number of quaternary nitrogens is 1. The molecule has 1 heterocycles. The van der Waals surface area contributed by atoms with Gasteiger partial charge in [-0.05, 0) is 35.8 Å². The third-order valence-electron chi connectivity index (χ3n) is 2.96. The van der Waals surface area contributed by atoms with E-state index in [0.717, 1.165) is 10.2 Å². The number of carbonyl (C=O) groups excluding carboxylic acids is 1. The topological polar surface area (TPSA) is 26.3 Å². The molecule has 86 valence electrons. The maximum absolute atomic E-state index is 12.3. The SMILES string of the molecule is CC1(C)CO[N+](C)(c2ccccc2Br)C1=O. The van der Waals surface area contributed by atoms with E-state index in [1.807, 2.05) is 38.1 Å². The van der Waals surface area contributed by atoms with E-state index in [1.54, 1.807) is 7.05 Å². The first-order valence-electron chi connectivity index (χ1n) is 5.19. The van der Waals surface area contributed by atoms with Crippen LogP contribution in [0.2, 0.25) is 0 Å². The zero-order valence-corrected chi connectivity index (χ0v) is 11.2. The Morgan fingerprint density at radius 3 is 2.50 bits per heavy atom. The van der Waals surface area contributed by atoms with Gasteiger partial charge in [-0.3, -0.25) is 0 Å². The zero-order valence-electron chi connectivity index (χ0n) is 9.66. The highest BCUT2D eigenvalue weighted by molar-refractivity contribution is 9.10. The Labute approximate surface area is 104 Å². The molecule has 3 nitrogen and oxygen atoms in total. The van der Waals surface area contributed by atoms with E-state index in [-0.39, 0.29) is 10.6 Å². The lowest BCUT2D eigenvalue weighted by molar-refractivity contribution is -0.152. The highest BCUT2D eigenvalue weighted by atomic mass is 79.9. The summed E-state index contributed by atoms with van der Waals surface area (Å²) in [5.74, 6) is 0.0828. The Morgan fingerprint density at radius 2 is 2.00 bits per heavy atom. The van der Waals surface area contributed by atoms with Gasteiger partial charge in [-0.1, -0.05) is 16.8 Å². The maximum atomic E-state index is 12.3. The predicted octanol–water partition coefficient (Wildman–Crippen LogP) is 2.88. The molecule has 1 amide bonds. The molecule has 1 aromatic rings. The van der Waals surface area contributed by atoms with Crippen LogP contribution in [0.4, 0.5) is 5.69 Å². The molecule has 1 fully saturated rings. The standard InChI is InChI=1S/C12H15BrNO2/c1-12(2)8-16-14(3,11(12)15)10-7-5-4-6-9(10)13/h4-7H,8H2,1-3H3/q+1. The lowest BCUT2D eigenvalue weighted by Gasteiger charge is -2.24. The molecule has 1 atom stereocenters. The molecule has 1 saturated heterocycles. The molecule has 2 rings (SSSR count). The van der Waals surface area contributed by atoms with Crippen molar-refractivity contribution >= 4 is 27.5 Å². The summed E-state index contributed by atoms with van der Waals surface area (Å²) in [6, 6.07) is 7.65. The van der Waals surface area contributed by atoms with Crippen molar-refractivity contribution < 1.29 is 9.63 Å². The molecule has 0 saturated carbocycles. The van der Waals surface area contributed by atoms with Gasteiger partial charge < -0.3 is 0 Å². The van der Waals surface area contributed by atoms with E-state index >= 15 is 0 Å². The lowest BCUT2D eigenvalue weighted by atomic mass is 9.94. The fraction of sp³-hybridized carbons (Fsp3) is 0.417. The van der Waals surface area contributed by atoms with Gasteiger partial charge in [0, 0.05) is 6.07 Å². The second kappa shape index (κ2) is 3.65. The van der Waals surface area contributed by atoms with Crippen LogP contribution in [0.5, 0.6) is 0 Å². The number of para-hydroxylation sites is 1. The second-order valence-corrected chi connectivity index (χ2v) is 5.69. The van der Waals surface area contributed by atoms with Gasteiger partial charge >= 0.3 is 5.91 Å². The molecular formula is C12H15BrNO2+. The average molecular weight is 285 g/mol. The Balaban J connectivity index is 2.50. The number of halogens is 1. The van der Waals surface area contributed by atoms with Crippen molar-refractivity contribution in [1.82, 2.24) is 4.65 Å². The summed E-state index contributed by atoms with van der Waals surface area (Å²) in [5, 5.41) is 0. The lowest BCUT2D eigenvalue weighted by Crippen LogP contribution is -2.48. The van der Waals surface area contributed by atoms with Crippen molar-refractivity contribution in [2.75, 3.05) is 13.7 Å². The number of hydroxylamine groups is 2. The van der Waals surface area contributed by atoms with E-state index in [4.69, 9.17) is 4.84 Å². The van der Waals surface area contributed by atoms with E-state index < -0.39 is 5.41 Å². The van der Waals surface area contributed by atoms with Crippen LogP contribution in [0.25, 0.3) is 0 Å². The van der Waals surface area contributed by atoms with Crippen molar-refractivity contribution in [3.05, 3.63) is 28.7 Å². The third-order valence-corrected chi connectivity index (χ3v) is 3.63. The van der Waals surface area contributed by atoms with Gasteiger partial charge in [0.05, 0.1) is 4.47 Å². The van der Waals surface area contributed by atoms with Crippen LogP contribution in [0.15, 0.2) is 28.7 Å². The summed E-state index contributed by atoms with van der Waals surface area (Å²) < 4.78 is 0.803. The number of rotatable bonds is 1. The van der Waals surface area contributed by atoms with Gasteiger partial charge in [-0.25, -0.2) is 4.79 Å². The average Bonchev–Trinajstić information content (AvgIpc) is 2.44. The van der Waals surface area contributed by atoms with Crippen molar-refractivity contribution in [2.45, 2.75) is 13.8 Å². The fourth-order valence-electron chi connectivity index (χ4n) is 1.97. The Hall–Kier alpha value is -0.710. The van der Waals surface area contributed by atoms with Crippen LogP contribution in [0.3, 0.4) is 0 Å². The van der Waals surface area contributed by atoms with E-state index in [0.29, 0.717) is 6.61 Å². The highest BCUT2D eigenvalue weighted by Crippen LogP contribution is 2.39. The summed E-state index contributed by atoms with van der Waals surface area (Å²) in [4.78, 5) is 18.0. The summed E-state index contributed by atoms with van der Waals surface area (Å²) >= 11 is 3.46. The minimum atomic E-state index is -0.427. The van der Waals surface area contributed by atoms with Crippen LogP contribution < -0.4 is 4.65 Å². The number of nitrogens with zero attached hydrogens (tertiary/aromatic N) is 1. The number of hydrogen-bond donors (Lipinski definition) is 0. The summed E-state index contributed by atoms with van der Waals surface area (Å²) in [6.45, 7) is 4.27. The van der Waals surface area contributed by atoms with Gasteiger partial charge in [0.2, 0.25) is 0 Å². The summed E-state index contributed by atoms with van der Waals surface area (Å²) in [6.07, 6.45) is 0. The number of benzene rings is 1. The first-order chi connectivity index (χ1) is 7.38. The van der Waals surface area contributed by atoms with Crippen molar-refractivity contribution in [3.8, 4) is 0 Å². The van der Waals surface area contributed by atoms with Gasteiger partial charge in [0.15, 0.2) is 5.69 Å². The molecule has 0 aromatic heterocycles. The zero-order chi connectivity index (χ0) is 12.0. The van der Waals surface area contributed by atoms with Gasteiger partial charge in [0.25, 0.3) is 0 Å². The Morgan fingerprint density at radius 1 is 1.38 bits per heavy atom.